The summed E-state index contributed by atoms with van der Waals surface area (Å²) in [5.74, 6) is 0.527. The number of carbonyl (C=O) groups is 1. The maximum Gasteiger partial charge on any atom is 0.412 e. The normalized spacial score (nSPS) is 14.9. The molecule has 1 amide bonds. The van der Waals surface area contributed by atoms with Crippen molar-refractivity contribution < 1.29 is 9.53 Å². The number of rotatable bonds is 4. The number of aliphatic imine (C=N–C) groups is 1. The highest BCUT2D eigenvalue weighted by Gasteiger charge is 2.27. The highest BCUT2D eigenvalue weighted by atomic mass is 16.5. The Labute approximate surface area is 168 Å². The molecule has 146 valence electrons. The number of carbonyl (C=O) groups excluding carboxylic acids is 1. The number of aromatic nitrogens is 1. The van der Waals surface area contributed by atoms with Crippen LogP contribution in [0.5, 0.6) is 0 Å². The Balaban J connectivity index is 1.78. The van der Waals surface area contributed by atoms with E-state index in [1.54, 1.807) is 13.0 Å². The van der Waals surface area contributed by atoms with Gasteiger partial charge in [-0.1, -0.05) is 60.7 Å². The quantitative estimate of drug-likeness (QED) is 0.611. The average Bonchev–Trinajstić information content (AvgIpc) is 2.74. The molecule has 0 saturated heterocycles. The van der Waals surface area contributed by atoms with Crippen LogP contribution in [0.4, 0.5) is 27.8 Å². The summed E-state index contributed by atoms with van der Waals surface area (Å²) in [6, 6.07) is 21.5. The van der Waals surface area contributed by atoms with Crippen LogP contribution in [-0.4, -0.2) is 23.4 Å². The molecule has 0 bridgehead atoms. The fraction of sp³-hybridized carbons (Fsp3) is 0.136. The minimum absolute atomic E-state index is 0.177. The summed E-state index contributed by atoms with van der Waals surface area (Å²) in [5.41, 5.74) is 10.3. The van der Waals surface area contributed by atoms with Crippen LogP contribution in [0.1, 0.15) is 24.1 Å². The first-order valence-corrected chi connectivity index (χ1v) is 9.35. The van der Waals surface area contributed by atoms with Crippen LogP contribution in [-0.2, 0) is 4.74 Å². The van der Waals surface area contributed by atoms with Gasteiger partial charge in [0.2, 0.25) is 0 Å². The molecule has 7 nitrogen and oxygen atoms in total. The van der Waals surface area contributed by atoms with Crippen LogP contribution in [0.25, 0.3) is 0 Å². The zero-order chi connectivity index (χ0) is 20.2. The molecule has 2 aromatic carbocycles. The Morgan fingerprint density at radius 1 is 1.14 bits per heavy atom. The molecule has 0 saturated carbocycles. The van der Waals surface area contributed by atoms with Gasteiger partial charge < -0.3 is 15.8 Å². The molecule has 1 unspecified atom stereocenters. The first-order valence-electron chi connectivity index (χ1n) is 9.35. The second-order valence-electron chi connectivity index (χ2n) is 6.49. The molecule has 0 aliphatic carbocycles. The molecular formula is C22H21N5O2. The van der Waals surface area contributed by atoms with Crippen molar-refractivity contribution in [3.8, 4) is 0 Å². The summed E-state index contributed by atoms with van der Waals surface area (Å²) in [6.07, 6.45) is -0.580. The molecule has 7 heteroatoms. The van der Waals surface area contributed by atoms with E-state index >= 15 is 0 Å². The Morgan fingerprint density at radius 3 is 2.52 bits per heavy atom. The number of amides is 1. The number of nitrogens with zero attached hydrogens (tertiary/aromatic N) is 2. The lowest BCUT2D eigenvalue weighted by atomic mass is 9.94. The van der Waals surface area contributed by atoms with E-state index in [2.05, 4.69) is 15.6 Å². The molecule has 4 rings (SSSR count). The molecule has 4 N–H and O–H groups in total. The number of anilines is 3. The largest absolute Gasteiger partial charge is 0.450 e. The number of benzene rings is 2. The standard InChI is InChI=1S/C22H21N5O2/c1-2-29-22(28)26-17-13-16-20(21(23)25-17)27-19(15-11-7-4-8-12-15)18(24-16)14-9-5-3-6-10-14/h3-13,18,24H,2H2,1H3,(H3,23,25,26,28). The van der Waals surface area contributed by atoms with Crippen molar-refractivity contribution in [2.75, 3.05) is 23.0 Å². The predicted molar refractivity (Wildman–Crippen MR) is 115 cm³/mol. The fourth-order valence-electron chi connectivity index (χ4n) is 3.26. The summed E-state index contributed by atoms with van der Waals surface area (Å²) in [7, 11) is 0. The summed E-state index contributed by atoms with van der Waals surface area (Å²) < 4.78 is 4.92. The van der Waals surface area contributed by atoms with Crippen molar-refractivity contribution in [2.24, 2.45) is 4.99 Å². The monoisotopic (exact) mass is 387 g/mol. The lowest BCUT2D eigenvalue weighted by Gasteiger charge is -2.28. The van der Waals surface area contributed by atoms with Gasteiger partial charge in [-0.15, -0.1) is 0 Å². The number of hydrogen-bond acceptors (Lipinski definition) is 6. The van der Waals surface area contributed by atoms with Gasteiger partial charge in [-0.3, -0.25) is 5.32 Å². The molecule has 1 aliphatic heterocycles. The van der Waals surface area contributed by atoms with Crippen molar-refractivity contribution in [2.45, 2.75) is 13.0 Å². The van der Waals surface area contributed by atoms with Crippen LogP contribution >= 0.6 is 0 Å². The fourth-order valence-corrected chi connectivity index (χ4v) is 3.26. The second-order valence-corrected chi connectivity index (χ2v) is 6.49. The maximum atomic E-state index is 11.8. The lowest BCUT2D eigenvalue weighted by Crippen LogP contribution is -2.25. The van der Waals surface area contributed by atoms with Crippen LogP contribution in [0, 0.1) is 0 Å². The third kappa shape index (κ3) is 3.89. The zero-order valence-corrected chi connectivity index (χ0v) is 15.9. The molecule has 3 aromatic rings. The molecule has 1 atom stereocenters. The topological polar surface area (TPSA) is 102 Å². The third-order valence-corrected chi connectivity index (χ3v) is 4.53. The number of nitrogens with one attached hydrogen (secondary N) is 2. The molecule has 29 heavy (non-hydrogen) atoms. The van der Waals surface area contributed by atoms with Gasteiger partial charge in [0.15, 0.2) is 5.82 Å². The van der Waals surface area contributed by atoms with Crippen molar-refractivity contribution in [3.05, 3.63) is 77.9 Å². The van der Waals surface area contributed by atoms with E-state index in [1.165, 1.54) is 0 Å². The maximum absolute atomic E-state index is 11.8. The first-order chi connectivity index (χ1) is 14.2. The number of ether oxygens (including phenoxy) is 1. The van der Waals surface area contributed by atoms with Crippen LogP contribution in [0.3, 0.4) is 0 Å². The Bertz CT molecular complexity index is 1050. The minimum atomic E-state index is -0.580. The van der Waals surface area contributed by atoms with E-state index in [0.29, 0.717) is 17.2 Å². The Morgan fingerprint density at radius 2 is 1.83 bits per heavy atom. The van der Waals surface area contributed by atoms with Crippen molar-refractivity contribution in [3.63, 3.8) is 0 Å². The third-order valence-electron chi connectivity index (χ3n) is 4.53. The molecule has 0 fully saturated rings. The number of pyridine rings is 1. The molecule has 1 aromatic heterocycles. The number of fused-ring (bicyclic) bond motifs is 1. The van der Waals surface area contributed by atoms with E-state index in [9.17, 15) is 4.79 Å². The smallest absolute Gasteiger partial charge is 0.412 e. The van der Waals surface area contributed by atoms with Crippen molar-refractivity contribution >= 4 is 34.8 Å². The number of nitrogen functional groups attached to an aromatic ring is 1. The summed E-state index contributed by atoms with van der Waals surface area (Å²) >= 11 is 0. The first kappa shape index (κ1) is 18.5. The minimum Gasteiger partial charge on any atom is -0.450 e. The molecule has 0 radical (unpaired) electrons. The van der Waals surface area contributed by atoms with Crippen molar-refractivity contribution in [1.29, 1.82) is 0 Å². The van der Waals surface area contributed by atoms with E-state index in [1.807, 2.05) is 60.7 Å². The van der Waals surface area contributed by atoms with Gasteiger partial charge in [0.05, 0.1) is 24.0 Å². The summed E-state index contributed by atoms with van der Waals surface area (Å²) in [6.45, 7) is 2.01. The van der Waals surface area contributed by atoms with Gasteiger partial charge in [0.25, 0.3) is 0 Å². The van der Waals surface area contributed by atoms with Crippen LogP contribution < -0.4 is 16.4 Å². The van der Waals surface area contributed by atoms with Gasteiger partial charge in [-0.2, -0.15) is 0 Å². The van der Waals surface area contributed by atoms with E-state index in [4.69, 9.17) is 15.5 Å². The summed E-state index contributed by atoms with van der Waals surface area (Å²) in [4.78, 5) is 20.9. The van der Waals surface area contributed by atoms with Gasteiger partial charge >= 0.3 is 6.09 Å². The second kappa shape index (κ2) is 8.02. The highest BCUT2D eigenvalue weighted by molar-refractivity contribution is 6.11. The van der Waals surface area contributed by atoms with E-state index < -0.39 is 6.09 Å². The molecule has 0 spiro atoms. The van der Waals surface area contributed by atoms with Gasteiger partial charge in [0.1, 0.15) is 11.5 Å². The zero-order valence-electron chi connectivity index (χ0n) is 15.9. The number of nitrogens with two attached hydrogens (primary N) is 1. The summed E-state index contributed by atoms with van der Waals surface area (Å²) in [5, 5.41) is 6.10. The molecule has 1 aliphatic rings. The Hall–Kier alpha value is -3.87. The van der Waals surface area contributed by atoms with Gasteiger partial charge in [0, 0.05) is 6.07 Å². The van der Waals surface area contributed by atoms with E-state index in [0.717, 1.165) is 16.8 Å². The molecule has 2 heterocycles. The average molecular weight is 387 g/mol. The van der Waals surface area contributed by atoms with Gasteiger partial charge in [-0.05, 0) is 18.1 Å². The van der Waals surface area contributed by atoms with Crippen LogP contribution in [0.15, 0.2) is 71.7 Å². The lowest BCUT2D eigenvalue weighted by molar-refractivity contribution is 0.168. The SMILES string of the molecule is CCOC(=O)Nc1cc2c(c(N)n1)N=C(c1ccccc1)C(c1ccccc1)N2. The predicted octanol–water partition coefficient (Wildman–Crippen LogP) is 4.52. The van der Waals surface area contributed by atoms with Crippen molar-refractivity contribution in [1.82, 2.24) is 4.98 Å². The Kier molecular flexibility index (Phi) is 5.11. The van der Waals surface area contributed by atoms with Crippen LogP contribution in [0.2, 0.25) is 0 Å². The highest BCUT2D eigenvalue weighted by Crippen LogP contribution is 2.41. The van der Waals surface area contributed by atoms with E-state index in [-0.39, 0.29) is 18.5 Å². The number of hydrogen-bond donors (Lipinski definition) is 3. The van der Waals surface area contributed by atoms with Gasteiger partial charge in [-0.25, -0.2) is 14.8 Å². The molecular weight excluding hydrogens is 366 g/mol.